The van der Waals surface area contributed by atoms with E-state index in [-0.39, 0.29) is 0 Å². The standard InChI is InChI=1S/C7H10N2.C4H4O4/c8-4-1-7-2-5-9-6-3-7;5-3(6)1-2-4(7)8/h2-3,5-6H,1,4,8H2;1-2H,(H,5,6)(H,7,8)/b;2-1+. The second-order valence-corrected chi connectivity index (χ2v) is 2.90. The van der Waals surface area contributed by atoms with E-state index in [2.05, 4.69) is 4.98 Å². The van der Waals surface area contributed by atoms with Gasteiger partial charge < -0.3 is 15.9 Å². The minimum atomic E-state index is -1.26. The lowest BCUT2D eigenvalue weighted by Crippen LogP contribution is -2.02. The lowest BCUT2D eigenvalue weighted by atomic mass is 10.2. The van der Waals surface area contributed by atoms with E-state index in [1.165, 1.54) is 5.56 Å². The molecule has 0 saturated carbocycles. The molecule has 0 aliphatic heterocycles. The highest BCUT2D eigenvalue weighted by molar-refractivity contribution is 5.89. The number of nitrogens with two attached hydrogens (primary N) is 1. The molecule has 1 aromatic heterocycles. The van der Waals surface area contributed by atoms with Crippen molar-refractivity contribution >= 4 is 11.9 Å². The number of aliphatic carboxylic acids is 2. The minimum Gasteiger partial charge on any atom is -0.478 e. The van der Waals surface area contributed by atoms with Crippen molar-refractivity contribution in [2.75, 3.05) is 6.54 Å². The van der Waals surface area contributed by atoms with E-state index in [1.807, 2.05) is 12.1 Å². The fourth-order valence-electron chi connectivity index (χ4n) is 0.859. The maximum Gasteiger partial charge on any atom is 0.328 e. The van der Waals surface area contributed by atoms with Gasteiger partial charge in [0.2, 0.25) is 0 Å². The highest BCUT2D eigenvalue weighted by Gasteiger charge is 1.88. The van der Waals surface area contributed by atoms with Gasteiger partial charge in [-0.1, -0.05) is 0 Å². The van der Waals surface area contributed by atoms with Crippen LogP contribution in [0, 0.1) is 0 Å². The summed E-state index contributed by atoms with van der Waals surface area (Å²) < 4.78 is 0. The molecule has 1 rings (SSSR count). The summed E-state index contributed by atoms with van der Waals surface area (Å²) in [6.45, 7) is 0.712. The Bertz CT molecular complexity index is 360. The van der Waals surface area contributed by atoms with Crippen molar-refractivity contribution in [2.24, 2.45) is 5.73 Å². The van der Waals surface area contributed by atoms with Crippen LogP contribution in [0.2, 0.25) is 0 Å². The number of pyridine rings is 1. The van der Waals surface area contributed by atoms with Gasteiger partial charge in [0.05, 0.1) is 0 Å². The molecule has 0 unspecified atom stereocenters. The quantitative estimate of drug-likeness (QED) is 0.650. The summed E-state index contributed by atoms with van der Waals surface area (Å²) in [4.78, 5) is 23.0. The zero-order valence-corrected chi connectivity index (χ0v) is 9.11. The molecule has 6 nitrogen and oxygen atoms in total. The van der Waals surface area contributed by atoms with Gasteiger partial charge in [-0.15, -0.1) is 0 Å². The van der Waals surface area contributed by atoms with Gasteiger partial charge >= 0.3 is 11.9 Å². The molecule has 0 fully saturated rings. The van der Waals surface area contributed by atoms with Crippen molar-refractivity contribution in [2.45, 2.75) is 6.42 Å². The van der Waals surface area contributed by atoms with Crippen LogP contribution in [-0.2, 0) is 16.0 Å². The van der Waals surface area contributed by atoms with Crippen molar-refractivity contribution < 1.29 is 19.8 Å². The molecular weight excluding hydrogens is 224 g/mol. The second-order valence-electron chi connectivity index (χ2n) is 2.90. The average Bonchev–Trinajstić information content (AvgIpc) is 2.29. The second kappa shape index (κ2) is 9.05. The number of carboxylic acid groups (broad SMARTS) is 2. The summed E-state index contributed by atoms with van der Waals surface area (Å²) in [5, 5.41) is 15.6. The van der Waals surface area contributed by atoms with Crippen LogP contribution in [0.3, 0.4) is 0 Å². The van der Waals surface area contributed by atoms with Gasteiger partial charge in [-0.05, 0) is 30.7 Å². The molecule has 0 saturated heterocycles. The van der Waals surface area contributed by atoms with Crippen molar-refractivity contribution in [1.29, 1.82) is 0 Å². The average molecular weight is 238 g/mol. The number of aromatic nitrogens is 1. The number of carboxylic acids is 2. The van der Waals surface area contributed by atoms with Gasteiger partial charge in [0.15, 0.2) is 0 Å². The normalized spacial score (nSPS) is 9.47. The largest absolute Gasteiger partial charge is 0.478 e. The van der Waals surface area contributed by atoms with Gasteiger partial charge in [-0.3, -0.25) is 4.98 Å². The molecule has 4 N–H and O–H groups in total. The SMILES string of the molecule is NCCc1ccncc1.O=C(O)/C=C/C(=O)O. The molecule has 17 heavy (non-hydrogen) atoms. The first-order chi connectivity index (χ1) is 8.06. The number of rotatable bonds is 4. The third kappa shape index (κ3) is 10.1. The lowest BCUT2D eigenvalue weighted by molar-refractivity contribution is -0.134. The zero-order valence-electron chi connectivity index (χ0n) is 9.11. The van der Waals surface area contributed by atoms with Crippen molar-refractivity contribution in [3.05, 3.63) is 42.2 Å². The van der Waals surface area contributed by atoms with Crippen LogP contribution in [0.25, 0.3) is 0 Å². The summed E-state index contributed by atoms with van der Waals surface area (Å²) in [6, 6.07) is 3.96. The molecule has 1 aromatic rings. The molecule has 6 heteroatoms. The van der Waals surface area contributed by atoms with Gasteiger partial charge in [0.1, 0.15) is 0 Å². The fourth-order valence-corrected chi connectivity index (χ4v) is 0.859. The molecule has 1 heterocycles. The summed E-state index contributed by atoms with van der Waals surface area (Å²) >= 11 is 0. The summed E-state index contributed by atoms with van der Waals surface area (Å²) in [6.07, 6.45) is 5.63. The van der Waals surface area contributed by atoms with Crippen LogP contribution in [0.15, 0.2) is 36.7 Å². The highest BCUT2D eigenvalue weighted by Crippen LogP contribution is 1.94. The van der Waals surface area contributed by atoms with Crippen LogP contribution in [0.1, 0.15) is 5.56 Å². The van der Waals surface area contributed by atoms with E-state index in [0.717, 1.165) is 6.42 Å². The van der Waals surface area contributed by atoms with Gasteiger partial charge in [-0.25, -0.2) is 9.59 Å². The third-order valence-corrected chi connectivity index (χ3v) is 1.55. The zero-order chi connectivity index (χ0) is 13.1. The lowest BCUT2D eigenvalue weighted by Gasteiger charge is -1.93. The van der Waals surface area contributed by atoms with Gasteiger partial charge in [-0.2, -0.15) is 0 Å². The van der Waals surface area contributed by atoms with Crippen LogP contribution in [0.4, 0.5) is 0 Å². The summed E-state index contributed by atoms with van der Waals surface area (Å²) in [5.41, 5.74) is 6.60. The smallest absolute Gasteiger partial charge is 0.328 e. The predicted molar refractivity (Wildman–Crippen MR) is 61.4 cm³/mol. The van der Waals surface area contributed by atoms with Gasteiger partial charge in [0.25, 0.3) is 0 Å². The molecule has 0 aromatic carbocycles. The first-order valence-corrected chi connectivity index (χ1v) is 4.79. The highest BCUT2D eigenvalue weighted by atomic mass is 16.4. The number of nitrogens with zero attached hydrogens (tertiary/aromatic N) is 1. The molecule has 0 aliphatic rings. The van der Waals surface area contributed by atoms with E-state index in [0.29, 0.717) is 18.7 Å². The van der Waals surface area contributed by atoms with Crippen LogP contribution in [0.5, 0.6) is 0 Å². The van der Waals surface area contributed by atoms with E-state index >= 15 is 0 Å². The Balaban J connectivity index is 0.000000304. The molecule has 0 radical (unpaired) electrons. The van der Waals surface area contributed by atoms with E-state index in [4.69, 9.17) is 15.9 Å². The topological polar surface area (TPSA) is 114 Å². The van der Waals surface area contributed by atoms with Crippen molar-refractivity contribution in [3.63, 3.8) is 0 Å². The molecular formula is C11H14N2O4. The van der Waals surface area contributed by atoms with Crippen molar-refractivity contribution in [3.8, 4) is 0 Å². The fraction of sp³-hybridized carbons (Fsp3) is 0.182. The molecule has 0 atom stereocenters. The van der Waals surface area contributed by atoms with E-state index in [9.17, 15) is 9.59 Å². The number of carbonyl (C=O) groups is 2. The van der Waals surface area contributed by atoms with Crippen molar-refractivity contribution in [1.82, 2.24) is 4.98 Å². The molecule has 0 bridgehead atoms. The Morgan fingerprint density at radius 2 is 1.65 bits per heavy atom. The minimum absolute atomic E-state index is 0.558. The maximum atomic E-state index is 9.55. The Hall–Kier alpha value is -2.21. The first-order valence-electron chi connectivity index (χ1n) is 4.79. The molecule has 0 spiro atoms. The predicted octanol–water partition coefficient (Wildman–Crippen LogP) is 0.295. The van der Waals surface area contributed by atoms with Gasteiger partial charge in [0, 0.05) is 24.5 Å². The molecule has 92 valence electrons. The van der Waals surface area contributed by atoms with Crippen LogP contribution >= 0.6 is 0 Å². The Morgan fingerprint density at radius 1 is 1.18 bits per heavy atom. The summed E-state index contributed by atoms with van der Waals surface area (Å²) in [7, 11) is 0. The summed E-state index contributed by atoms with van der Waals surface area (Å²) in [5.74, 6) is -2.51. The molecule has 0 amide bonds. The monoisotopic (exact) mass is 238 g/mol. The van der Waals surface area contributed by atoms with Crippen LogP contribution in [-0.4, -0.2) is 33.7 Å². The van der Waals surface area contributed by atoms with E-state index < -0.39 is 11.9 Å². The Kier molecular flexibility index (Phi) is 7.87. The van der Waals surface area contributed by atoms with E-state index in [1.54, 1.807) is 12.4 Å². The Morgan fingerprint density at radius 3 is 2.00 bits per heavy atom. The number of hydrogen-bond acceptors (Lipinski definition) is 4. The maximum absolute atomic E-state index is 9.55. The Labute approximate surface area is 98.4 Å². The third-order valence-electron chi connectivity index (χ3n) is 1.55. The number of hydrogen-bond donors (Lipinski definition) is 3. The molecule has 0 aliphatic carbocycles. The first kappa shape index (κ1) is 14.8. The van der Waals surface area contributed by atoms with Crippen LogP contribution < -0.4 is 5.73 Å².